The highest BCUT2D eigenvalue weighted by atomic mass is 16.2. The maximum absolute atomic E-state index is 14.2. The number of nitrogens with one attached hydrogen (secondary N) is 1. The Labute approximate surface area is 215 Å². The Hall–Kier alpha value is -3.15. The van der Waals surface area contributed by atoms with Gasteiger partial charge in [0.15, 0.2) is 0 Å². The zero-order chi connectivity index (χ0) is 25.3. The first-order valence-electron chi connectivity index (χ1n) is 13.5. The minimum Gasteiger partial charge on any atom is -0.372 e. The Morgan fingerprint density at radius 2 is 1.78 bits per heavy atom. The van der Waals surface area contributed by atoms with Gasteiger partial charge < -0.3 is 5.32 Å². The van der Waals surface area contributed by atoms with Gasteiger partial charge in [0, 0.05) is 24.4 Å². The van der Waals surface area contributed by atoms with E-state index in [1.807, 2.05) is 4.90 Å². The van der Waals surface area contributed by atoms with E-state index in [2.05, 4.69) is 80.5 Å². The molecule has 2 aromatic carbocycles. The van der Waals surface area contributed by atoms with Crippen LogP contribution in [0.15, 0.2) is 52.6 Å². The largest absolute Gasteiger partial charge is 0.372 e. The summed E-state index contributed by atoms with van der Waals surface area (Å²) in [6.45, 7) is 10.9. The van der Waals surface area contributed by atoms with Crippen molar-refractivity contribution in [2.45, 2.75) is 66.2 Å². The number of anilines is 2. The highest BCUT2D eigenvalue weighted by molar-refractivity contribution is 6.14. The Bertz CT molecular complexity index is 1170. The molecular formula is C30H39N5O. The predicted molar refractivity (Wildman–Crippen MR) is 148 cm³/mol. The van der Waals surface area contributed by atoms with Crippen molar-refractivity contribution in [2.24, 2.45) is 21.4 Å². The minimum atomic E-state index is -0.0860. The summed E-state index contributed by atoms with van der Waals surface area (Å²) >= 11 is 0. The molecule has 2 amide bonds. The number of benzene rings is 2. The van der Waals surface area contributed by atoms with Crippen LogP contribution in [0.4, 0.5) is 16.2 Å². The summed E-state index contributed by atoms with van der Waals surface area (Å²) in [7, 11) is 0. The van der Waals surface area contributed by atoms with E-state index >= 15 is 0 Å². The number of amidine groups is 1. The lowest BCUT2D eigenvalue weighted by Gasteiger charge is -2.30. The van der Waals surface area contributed by atoms with Crippen molar-refractivity contribution >= 4 is 29.0 Å². The molecule has 0 spiro atoms. The second-order valence-electron chi connectivity index (χ2n) is 11.7. The van der Waals surface area contributed by atoms with Crippen LogP contribution in [-0.4, -0.2) is 42.2 Å². The van der Waals surface area contributed by atoms with Crippen molar-refractivity contribution in [1.82, 2.24) is 10.3 Å². The van der Waals surface area contributed by atoms with Crippen LogP contribution in [0, 0.1) is 18.3 Å². The Morgan fingerprint density at radius 1 is 1.03 bits per heavy atom. The lowest BCUT2D eigenvalue weighted by molar-refractivity contribution is 0.184. The third-order valence-corrected chi connectivity index (χ3v) is 7.24. The van der Waals surface area contributed by atoms with E-state index in [0.29, 0.717) is 12.5 Å². The van der Waals surface area contributed by atoms with Gasteiger partial charge in [-0.05, 0) is 54.5 Å². The molecule has 36 heavy (non-hydrogen) atoms. The molecule has 0 radical (unpaired) electrons. The Balaban J connectivity index is 1.58. The summed E-state index contributed by atoms with van der Waals surface area (Å²) in [5, 5.41) is 10.2. The molecule has 0 unspecified atom stereocenters. The van der Waals surface area contributed by atoms with Crippen LogP contribution in [0.1, 0.15) is 69.6 Å². The van der Waals surface area contributed by atoms with Gasteiger partial charge in [-0.2, -0.15) is 5.10 Å². The van der Waals surface area contributed by atoms with E-state index in [1.165, 1.54) is 24.8 Å². The molecule has 1 fully saturated rings. The summed E-state index contributed by atoms with van der Waals surface area (Å²) < 4.78 is 0. The van der Waals surface area contributed by atoms with E-state index < -0.39 is 0 Å². The van der Waals surface area contributed by atoms with Crippen LogP contribution >= 0.6 is 0 Å². The van der Waals surface area contributed by atoms with Gasteiger partial charge in [-0.25, -0.2) is 9.80 Å². The van der Waals surface area contributed by atoms with Crippen LogP contribution in [0.3, 0.4) is 0 Å². The van der Waals surface area contributed by atoms with Crippen molar-refractivity contribution < 1.29 is 4.79 Å². The van der Waals surface area contributed by atoms with Crippen LogP contribution < -0.4 is 10.2 Å². The average Bonchev–Trinajstić information content (AvgIpc) is 3.33. The van der Waals surface area contributed by atoms with Crippen molar-refractivity contribution in [2.75, 3.05) is 24.5 Å². The van der Waals surface area contributed by atoms with Gasteiger partial charge in [0.1, 0.15) is 5.84 Å². The fourth-order valence-corrected chi connectivity index (χ4v) is 5.49. The van der Waals surface area contributed by atoms with Gasteiger partial charge in [0.05, 0.1) is 30.2 Å². The summed E-state index contributed by atoms with van der Waals surface area (Å²) in [5.74, 6) is 1.42. The number of fused-ring (bicyclic) bond motifs is 1. The predicted octanol–water partition coefficient (Wildman–Crippen LogP) is 6.44. The first kappa shape index (κ1) is 24.5. The highest BCUT2D eigenvalue weighted by Crippen LogP contribution is 2.38. The summed E-state index contributed by atoms with van der Waals surface area (Å²) in [6, 6.07) is 14.7. The van der Waals surface area contributed by atoms with E-state index in [-0.39, 0.29) is 11.4 Å². The molecule has 2 heterocycles. The van der Waals surface area contributed by atoms with Gasteiger partial charge in [-0.1, -0.05) is 64.3 Å². The Morgan fingerprint density at radius 3 is 2.44 bits per heavy atom. The number of carbonyl (C=O) groups is 1. The second-order valence-corrected chi connectivity index (χ2v) is 11.7. The second kappa shape index (κ2) is 10.1. The number of carbonyl (C=O) groups excluding carboxylic acids is 1. The van der Waals surface area contributed by atoms with Crippen molar-refractivity contribution in [3.8, 4) is 0 Å². The van der Waals surface area contributed by atoms with Crippen molar-refractivity contribution in [1.29, 1.82) is 0 Å². The molecule has 2 aromatic rings. The zero-order valence-electron chi connectivity index (χ0n) is 22.2. The molecule has 190 valence electrons. The summed E-state index contributed by atoms with van der Waals surface area (Å²) in [5.41, 5.74) is 6.22. The number of hydrazone groups is 1. The molecule has 0 bridgehead atoms. The van der Waals surface area contributed by atoms with E-state index in [0.717, 1.165) is 66.4 Å². The molecule has 6 nitrogen and oxygen atoms in total. The van der Waals surface area contributed by atoms with Crippen molar-refractivity contribution in [3.05, 3.63) is 59.2 Å². The SMILES string of the molecule is Cc1ccc2c(c1)N(c1ccc(CC3=NCCN3)cc1)C(=O)N(CC(C)(C)C)N=C2C1CCCCC1. The lowest BCUT2D eigenvalue weighted by Crippen LogP contribution is -2.41. The maximum Gasteiger partial charge on any atom is 0.349 e. The fraction of sp³-hybridized carbons (Fsp3) is 0.500. The molecule has 3 aliphatic rings. The summed E-state index contributed by atoms with van der Waals surface area (Å²) in [4.78, 5) is 20.6. The number of urea groups is 1. The molecule has 5 rings (SSSR count). The van der Waals surface area contributed by atoms with Crippen LogP contribution in [0.2, 0.25) is 0 Å². The first-order chi connectivity index (χ1) is 17.3. The molecular weight excluding hydrogens is 446 g/mol. The fourth-order valence-electron chi connectivity index (χ4n) is 5.49. The standard InChI is InChI=1S/C30H39N5O/c1-21-10-15-25-26(18-21)35(24-13-11-22(12-14-24)19-27-31-16-17-32-27)29(36)34(20-30(2,3)4)33-28(25)23-8-6-5-7-9-23/h10-15,18,23H,5-9,16-17,19-20H2,1-4H3,(H,31,32). The third kappa shape index (κ3) is 5.32. The first-order valence-corrected chi connectivity index (χ1v) is 13.5. The minimum absolute atomic E-state index is 0.0756. The molecule has 0 atom stereocenters. The number of aryl methyl sites for hydroxylation is 1. The number of rotatable bonds is 5. The molecule has 0 saturated heterocycles. The summed E-state index contributed by atoms with van der Waals surface area (Å²) in [6.07, 6.45) is 6.80. The number of hydrogen-bond acceptors (Lipinski definition) is 4. The topological polar surface area (TPSA) is 60.3 Å². The number of nitrogens with zero attached hydrogens (tertiary/aromatic N) is 4. The van der Waals surface area contributed by atoms with E-state index in [9.17, 15) is 4.79 Å². The smallest absolute Gasteiger partial charge is 0.349 e. The maximum atomic E-state index is 14.2. The molecule has 2 aliphatic heterocycles. The normalized spacial score (nSPS) is 18.9. The molecule has 0 aromatic heterocycles. The van der Waals surface area contributed by atoms with Crippen LogP contribution in [0.5, 0.6) is 0 Å². The van der Waals surface area contributed by atoms with Crippen molar-refractivity contribution in [3.63, 3.8) is 0 Å². The molecule has 1 saturated carbocycles. The average molecular weight is 486 g/mol. The van der Waals surface area contributed by atoms with Gasteiger partial charge in [0.2, 0.25) is 0 Å². The molecule has 1 aliphatic carbocycles. The number of amides is 2. The van der Waals surface area contributed by atoms with Gasteiger partial charge in [-0.15, -0.1) is 0 Å². The van der Waals surface area contributed by atoms with Gasteiger partial charge in [-0.3, -0.25) is 9.89 Å². The van der Waals surface area contributed by atoms with E-state index in [4.69, 9.17) is 5.10 Å². The monoisotopic (exact) mass is 485 g/mol. The van der Waals surface area contributed by atoms with Gasteiger partial charge in [0.25, 0.3) is 0 Å². The van der Waals surface area contributed by atoms with Crippen LogP contribution in [0.25, 0.3) is 0 Å². The number of aliphatic imine (C=N–C) groups is 1. The zero-order valence-corrected chi connectivity index (χ0v) is 22.2. The van der Waals surface area contributed by atoms with Gasteiger partial charge >= 0.3 is 6.03 Å². The number of hydrogen-bond donors (Lipinski definition) is 1. The van der Waals surface area contributed by atoms with Crippen LogP contribution in [-0.2, 0) is 6.42 Å². The highest BCUT2D eigenvalue weighted by Gasteiger charge is 2.35. The molecule has 6 heteroatoms. The Kier molecular flexibility index (Phi) is 6.87. The third-order valence-electron chi connectivity index (χ3n) is 7.24. The van der Waals surface area contributed by atoms with E-state index in [1.54, 1.807) is 5.01 Å². The lowest BCUT2D eigenvalue weighted by atomic mass is 9.82. The quantitative estimate of drug-likeness (QED) is 0.529. The molecule has 1 N–H and O–H groups in total.